The number of hydrogen-bond donors (Lipinski definition) is 0. The number of rotatable bonds is 2. The standard InChI is InChI=1S/C11H10N2O2/c1-15-10-4-2-8(3-5-10)11(14)13-7-9(13)6-12/h2-5,9H,7H2,1H3. The van der Waals surface area contributed by atoms with Crippen LogP contribution in [0.5, 0.6) is 5.75 Å². The Bertz CT molecular complexity index is 419. The zero-order chi connectivity index (χ0) is 10.8. The molecular formula is C11H10N2O2. The van der Waals surface area contributed by atoms with E-state index in [9.17, 15) is 4.79 Å². The van der Waals surface area contributed by atoms with Gasteiger partial charge in [-0.25, -0.2) is 0 Å². The first kappa shape index (κ1) is 9.53. The molecule has 0 aliphatic carbocycles. The van der Waals surface area contributed by atoms with Crippen LogP contribution in [0.25, 0.3) is 0 Å². The summed E-state index contributed by atoms with van der Waals surface area (Å²) >= 11 is 0. The normalized spacial score (nSPS) is 18.1. The average molecular weight is 202 g/mol. The number of carbonyl (C=O) groups is 1. The number of ether oxygens (including phenoxy) is 1. The Kier molecular flexibility index (Phi) is 2.30. The number of benzene rings is 1. The molecule has 1 saturated heterocycles. The van der Waals surface area contributed by atoms with Crippen LogP contribution in [-0.2, 0) is 0 Å². The summed E-state index contributed by atoms with van der Waals surface area (Å²) in [5.41, 5.74) is 0.591. The van der Waals surface area contributed by atoms with Gasteiger partial charge in [0.15, 0.2) is 0 Å². The highest BCUT2D eigenvalue weighted by molar-refractivity contribution is 5.96. The van der Waals surface area contributed by atoms with E-state index in [1.807, 2.05) is 6.07 Å². The van der Waals surface area contributed by atoms with Gasteiger partial charge in [0.1, 0.15) is 11.8 Å². The number of hydrogen-bond acceptors (Lipinski definition) is 3. The van der Waals surface area contributed by atoms with Crippen molar-refractivity contribution in [2.45, 2.75) is 6.04 Å². The lowest BCUT2D eigenvalue weighted by atomic mass is 10.2. The van der Waals surface area contributed by atoms with E-state index in [0.29, 0.717) is 17.9 Å². The second kappa shape index (κ2) is 3.62. The number of methoxy groups -OCH3 is 1. The summed E-state index contributed by atoms with van der Waals surface area (Å²) < 4.78 is 4.99. The molecule has 1 heterocycles. The molecule has 1 fully saturated rings. The third kappa shape index (κ3) is 1.77. The Morgan fingerprint density at radius 2 is 2.20 bits per heavy atom. The molecule has 76 valence electrons. The zero-order valence-corrected chi connectivity index (χ0v) is 8.30. The average Bonchev–Trinajstić information content (AvgIpc) is 3.07. The van der Waals surface area contributed by atoms with Gasteiger partial charge >= 0.3 is 0 Å². The molecule has 2 rings (SSSR count). The maximum atomic E-state index is 11.7. The summed E-state index contributed by atoms with van der Waals surface area (Å²) in [4.78, 5) is 13.2. The van der Waals surface area contributed by atoms with E-state index in [4.69, 9.17) is 10.00 Å². The number of amides is 1. The van der Waals surface area contributed by atoms with E-state index in [-0.39, 0.29) is 11.9 Å². The first-order valence-corrected chi connectivity index (χ1v) is 4.61. The van der Waals surface area contributed by atoms with Crippen LogP contribution in [0.4, 0.5) is 0 Å². The van der Waals surface area contributed by atoms with Gasteiger partial charge in [-0.15, -0.1) is 0 Å². The smallest absolute Gasteiger partial charge is 0.255 e. The van der Waals surface area contributed by atoms with Crippen molar-refractivity contribution in [3.63, 3.8) is 0 Å². The SMILES string of the molecule is COc1ccc(C(=O)N2CC2C#N)cc1. The Morgan fingerprint density at radius 1 is 1.53 bits per heavy atom. The van der Waals surface area contributed by atoms with Crippen molar-refractivity contribution in [2.24, 2.45) is 0 Å². The summed E-state index contributed by atoms with van der Waals surface area (Å²) in [6, 6.07) is 8.68. The van der Waals surface area contributed by atoms with Crippen molar-refractivity contribution in [3.05, 3.63) is 29.8 Å². The molecule has 1 aliphatic heterocycles. The van der Waals surface area contributed by atoms with Crippen LogP contribution in [0.15, 0.2) is 24.3 Å². The molecule has 1 atom stereocenters. The van der Waals surface area contributed by atoms with Gasteiger partial charge in [0.25, 0.3) is 5.91 Å². The molecule has 4 nitrogen and oxygen atoms in total. The highest BCUT2D eigenvalue weighted by atomic mass is 16.5. The van der Waals surface area contributed by atoms with E-state index in [2.05, 4.69) is 0 Å². The second-order valence-electron chi connectivity index (χ2n) is 3.33. The summed E-state index contributed by atoms with van der Waals surface area (Å²) in [5, 5.41) is 8.59. The maximum Gasteiger partial charge on any atom is 0.255 e. The first-order chi connectivity index (χ1) is 7.26. The molecule has 4 heteroatoms. The minimum atomic E-state index is -0.236. The van der Waals surface area contributed by atoms with Crippen LogP contribution in [-0.4, -0.2) is 30.5 Å². The molecule has 15 heavy (non-hydrogen) atoms. The molecule has 0 aromatic heterocycles. The van der Waals surface area contributed by atoms with Gasteiger partial charge in [-0.05, 0) is 24.3 Å². The Balaban J connectivity index is 2.11. The third-order valence-electron chi connectivity index (χ3n) is 2.36. The fourth-order valence-electron chi connectivity index (χ4n) is 1.37. The minimum absolute atomic E-state index is 0.0933. The van der Waals surface area contributed by atoms with Gasteiger partial charge < -0.3 is 9.64 Å². The zero-order valence-electron chi connectivity index (χ0n) is 8.30. The largest absolute Gasteiger partial charge is 0.497 e. The molecule has 0 radical (unpaired) electrons. The summed E-state index contributed by atoms with van der Waals surface area (Å²) in [7, 11) is 1.58. The van der Waals surface area contributed by atoms with Gasteiger partial charge in [-0.2, -0.15) is 5.26 Å². The molecule has 0 N–H and O–H groups in total. The molecule has 0 saturated carbocycles. The van der Waals surface area contributed by atoms with Crippen LogP contribution in [0, 0.1) is 11.3 Å². The van der Waals surface area contributed by atoms with Crippen LogP contribution < -0.4 is 4.74 Å². The summed E-state index contributed by atoms with van der Waals surface area (Å²) in [6.07, 6.45) is 0. The summed E-state index contributed by atoms with van der Waals surface area (Å²) in [6.45, 7) is 0.543. The molecule has 1 unspecified atom stereocenters. The van der Waals surface area contributed by atoms with Crippen molar-refractivity contribution in [1.82, 2.24) is 4.90 Å². The van der Waals surface area contributed by atoms with Crippen molar-refractivity contribution >= 4 is 5.91 Å². The van der Waals surface area contributed by atoms with Gasteiger partial charge in [-0.1, -0.05) is 0 Å². The van der Waals surface area contributed by atoms with Gasteiger partial charge in [-0.3, -0.25) is 4.79 Å². The Morgan fingerprint density at radius 3 is 2.67 bits per heavy atom. The first-order valence-electron chi connectivity index (χ1n) is 4.61. The highest BCUT2D eigenvalue weighted by Gasteiger charge is 2.38. The molecule has 1 aliphatic rings. The lowest BCUT2D eigenvalue weighted by Crippen LogP contribution is -2.12. The minimum Gasteiger partial charge on any atom is -0.497 e. The predicted molar refractivity (Wildman–Crippen MR) is 53.4 cm³/mol. The van der Waals surface area contributed by atoms with Crippen molar-refractivity contribution in [3.8, 4) is 11.8 Å². The quantitative estimate of drug-likeness (QED) is 0.673. The topological polar surface area (TPSA) is 53.1 Å². The fraction of sp³-hybridized carbons (Fsp3) is 0.273. The van der Waals surface area contributed by atoms with Crippen LogP contribution in [0.1, 0.15) is 10.4 Å². The van der Waals surface area contributed by atoms with Crippen molar-refractivity contribution < 1.29 is 9.53 Å². The van der Waals surface area contributed by atoms with E-state index >= 15 is 0 Å². The molecule has 1 aromatic carbocycles. The second-order valence-corrected chi connectivity index (χ2v) is 3.33. The van der Waals surface area contributed by atoms with Crippen LogP contribution in [0.2, 0.25) is 0 Å². The molecule has 1 aromatic rings. The molecule has 1 amide bonds. The number of carbonyl (C=O) groups excluding carboxylic acids is 1. The number of nitriles is 1. The molecular weight excluding hydrogens is 192 g/mol. The Labute approximate surface area is 87.7 Å². The maximum absolute atomic E-state index is 11.7. The van der Waals surface area contributed by atoms with Crippen molar-refractivity contribution in [1.29, 1.82) is 5.26 Å². The van der Waals surface area contributed by atoms with Crippen molar-refractivity contribution in [2.75, 3.05) is 13.7 Å². The van der Waals surface area contributed by atoms with E-state index in [0.717, 1.165) is 0 Å². The highest BCUT2D eigenvalue weighted by Crippen LogP contribution is 2.21. The lowest BCUT2D eigenvalue weighted by Gasteiger charge is -2.03. The molecule has 0 bridgehead atoms. The van der Waals surface area contributed by atoms with E-state index < -0.39 is 0 Å². The fourth-order valence-corrected chi connectivity index (χ4v) is 1.37. The van der Waals surface area contributed by atoms with Crippen LogP contribution in [0.3, 0.4) is 0 Å². The van der Waals surface area contributed by atoms with Crippen LogP contribution >= 0.6 is 0 Å². The predicted octanol–water partition coefficient (Wildman–Crippen LogP) is 1.04. The summed E-state index contributed by atoms with van der Waals surface area (Å²) in [5.74, 6) is 0.624. The monoisotopic (exact) mass is 202 g/mol. The van der Waals surface area contributed by atoms with Gasteiger partial charge in [0, 0.05) is 5.56 Å². The third-order valence-corrected chi connectivity index (χ3v) is 2.36. The van der Waals surface area contributed by atoms with E-state index in [1.165, 1.54) is 4.90 Å². The lowest BCUT2D eigenvalue weighted by molar-refractivity contribution is 0.0879. The Hall–Kier alpha value is -2.02. The van der Waals surface area contributed by atoms with Gasteiger partial charge in [0.05, 0.1) is 19.7 Å². The van der Waals surface area contributed by atoms with Gasteiger partial charge in [0.2, 0.25) is 0 Å². The van der Waals surface area contributed by atoms with E-state index in [1.54, 1.807) is 31.4 Å². The number of nitrogens with zero attached hydrogens (tertiary/aromatic N) is 2. The molecule has 0 spiro atoms.